The van der Waals surface area contributed by atoms with Crippen molar-refractivity contribution in [3.63, 3.8) is 0 Å². The number of aromatic nitrogens is 2. The number of carbonyl (C=O) groups excluding carboxylic acids is 2. The first-order valence-corrected chi connectivity index (χ1v) is 7.94. The smallest absolute Gasteiger partial charge is 0.258 e. The van der Waals surface area contributed by atoms with E-state index in [9.17, 15) is 14.4 Å². The molecule has 22 heavy (non-hydrogen) atoms. The van der Waals surface area contributed by atoms with Crippen LogP contribution in [0.1, 0.15) is 13.3 Å². The van der Waals surface area contributed by atoms with Gasteiger partial charge in [0.25, 0.3) is 5.56 Å². The van der Waals surface area contributed by atoms with Crippen LogP contribution in [0.3, 0.4) is 0 Å². The zero-order valence-corrected chi connectivity index (χ0v) is 12.9. The van der Waals surface area contributed by atoms with Gasteiger partial charge in [0, 0.05) is 31.3 Å². The van der Waals surface area contributed by atoms with Crippen molar-refractivity contribution >= 4 is 39.4 Å². The van der Waals surface area contributed by atoms with Crippen LogP contribution in [-0.4, -0.2) is 33.3 Å². The van der Waals surface area contributed by atoms with Gasteiger partial charge in [-0.3, -0.25) is 14.4 Å². The van der Waals surface area contributed by atoms with Gasteiger partial charge in [0.05, 0.1) is 17.2 Å². The molecule has 0 bridgehead atoms. The molecule has 1 aromatic heterocycles. The third-order valence-corrected chi connectivity index (χ3v) is 4.71. The van der Waals surface area contributed by atoms with E-state index < -0.39 is 0 Å². The van der Waals surface area contributed by atoms with Gasteiger partial charge in [-0.1, -0.05) is 11.8 Å². The first kappa shape index (κ1) is 14.8. The van der Waals surface area contributed by atoms with Crippen LogP contribution in [0.5, 0.6) is 0 Å². The highest BCUT2D eigenvalue weighted by atomic mass is 32.2. The lowest BCUT2D eigenvalue weighted by molar-refractivity contribution is -0.117. The molecule has 1 aliphatic heterocycles. The van der Waals surface area contributed by atoms with Crippen LogP contribution in [0.25, 0.3) is 10.9 Å². The normalized spacial score (nSPS) is 18.1. The fourth-order valence-corrected chi connectivity index (χ4v) is 3.30. The summed E-state index contributed by atoms with van der Waals surface area (Å²) < 4.78 is 0. The van der Waals surface area contributed by atoms with Crippen molar-refractivity contribution in [2.24, 2.45) is 5.92 Å². The number of amides is 1. The molecular formula is C15H15N3O3S. The molecule has 0 radical (unpaired) electrons. The van der Waals surface area contributed by atoms with Gasteiger partial charge in [-0.15, -0.1) is 0 Å². The summed E-state index contributed by atoms with van der Waals surface area (Å²) in [5, 5.41) is 0.531. The number of fused-ring (bicyclic) bond motifs is 1. The summed E-state index contributed by atoms with van der Waals surface area (Å²) in [6.07, 6.45) is 1.79. The molecule has 1 saturated heterocycles. The van der Waals surface area contributed by atoms with Crippen LogP contribution < -0.4 is 10.5 Å². The van der Waals surface area contributed by atoms with E-state index >= 15 is 0 Å². The molecule has 1 aliphatic rings. The Labute approximate surface area is 130 Å². The SMILES string of the molecule is CC(=O)SCC1CC(=O)N(c2ccc3nc[nH]c(=O)c3c2)C1. The maximum Gasteiger partial charge on any atom is 0.258 e. The highest BCUT2D eigenvalue weighted by Gasteiger charge is 2.30. The topological polar surface area (TPSA) is 83.1 Å². The predicted octanol–water partition coefficient (Wildman–Crippen LogP) is 1.56. The number of rotatable bonds is 3. The second-order valence-electron chi connectivity index (χ2n) is 5.31. The number of hydrogen-bond donors (Lipinski definition) is 1. The number of nitrogens with one attached hydrogen (secondary N) is 1. The van der Waals surface area contributed by atoms with Gasteiger partial charge in [-0.05, 0) is 24.1 Å². The van der Waals surface area contributed by atoms with E-state index in [-0.39, 0.29) is 22.5 Å². The lowest BCUT2D eigenvalue weighted by atomic mass is 10.1. The maximum atomic E-state index is 12.2. The zero-order chi connectivity index (χ0) is 15.7. The number of nitrogens with zero attached hydrogens (tertiary/aromatic N) is 2. The van der Waals surface area contributed by atoms with Gasteiger partial charge in [0.2, 0.25) is 5.91 Å². The van der Waals surface area contributed by atoms with Crippen molar-refractivity contribution in [3.05, 3.63) is 34.9 Å². The van der Waals surface area contributed by atoms with Crippen molar-refractivity contribution in [2.75, 3.05) is 17.2 Å². The van der Waals surface area contributed by atoms with E-state index in [0.717, 1.165) is 0 Å². The molecule has 1 atom stereocenters. The molecule has 2 aromatic rings. The molecular weight excluding hydrogens is 302 g/mol. The molecule has 1 aromatic carbocycles. The molecule has 6 nitrogen and oxygen atoms in total. The monoisotopic (exact) mass is 317 g/mol. The summed E-state index contributed by atoms with van der Waals surface area (Å²) in [5.41, 5.74) is 1.08. The average Bonchev–Trinajstić information content (AvgIpc) is 2.86. The number of carbonyl (C=O) groups is 2. The standard InChI is InChI=1S/C15H15N3O3S/c1-9(19)22-7-10-4-14(20)18(6-10)11-2-3-13-12(5-11)15(21)17-8-16-13/h2-3,5,8,10H,4,6-7H2,1H3,(H,16,17,21). The lowest BCUT2D eigenvalue weighted by Gasteiger charge is -2.17. The second kappa shape index (κ2) is 5.92. The molecule has 3 rings (SSSR count). The van der Waals surface area contributed by atoms with Gasteiger partial charge < -0.3 is 9.88 Å². The average molecular weight is 317 g/mol. The van der Waals surface area contributed by atoms with Crippen LogP contribution in [0, 0.1) is 5.92 Å². The summed E-state index contributed by atoms with van der Waals surface area (Å²) in [5.74, 6) is 0.825. The van der Waals surface area contributed by atoms with Crippen LogP contribution in [0.4, 0.5) is 5.69 Å². The minimum Gasteiger partial charge on any atom is -0.313 e. The summed E-state index contributed by atoms with van der Waals surface area (Å²) in [4.78, 5) is 43.4. The number of thioether (sulfide) groups is 1. The Bertz CT molecular complexity index is 802. The van der Waals surface area contributed by atoms with Crippen molar-refractivity contribution in [2.45, 2.75) is 13.3 Å². The number of hydrogen-bond acceptors (Lipinski definition) is 5. The minimum absolute atomic E-state index is 0.0221. The van der Waals surface area contributed by atoms with Crippen molar-refractivity contribution in [1.82, 2.24) is 9.97 Å². The molecule has 0 spiro atoms. The predicted molar refractivity (Wildman–Crippen MR) is 86.0 cm³/mol. The van der Waals surface area contributed by atoms with Gasteiger partial charge in [0.1, 0.15) is 0 Å². The third-order valence-electron chi connectivity index (χ3n) is 3.66. The molecule has 2 heterocycles. The molecule has 1 unspecified atom stereocenters. The van der Waals surface area contributed by atoms with Crippen LogP contribution in [0.15, 0.2) is 29.3 Å². The van der Waals surface area contributed by atoms with E-state index in [1.165, 1.54) is 25.0 Å². The fraction of sp³-hybridized carbons (Fsp3) is 0.333. The number of benzene rings is 1. The Kier molecular flexibility index (Phi) is 3.98. The lowest BCUT2D eigenvalue weighted by Crippen LogP contribution is -2.25. The largest absolute Gasteiger partial charge is 0.313 e. The molecule has 1 fully saturated rings. The highest BCUT2D eigenvalue weighted by Crippen LogP contribution is 2.28. The Morgan fingerprint density at radius 1 is 1.45 bits per heavy atom. The van der Waals surface area contributed by atoms with Gasteiger partial charge >= 0.3 is 0 Å². The number of H-pyrrole nitrogens is 1. The molecule has 0 saturated carbocycles. The van der Waals surface area contributed by atoms with Crippen molar-refractivity contribution < 1.29 is 9.59 Å². The zero-order valence-electron chi connectivity index (χ0n) is 12.0. The van der Waals surface area contributed by atoms with E-state index in [1.807, 2.05) is 0 Å². The summed E-state index contributed by atoms with van der Waals surface area (Å²) in [6, 6.07) is 5.23. The molecule has 0 aliphatic carbocycles. The Morgan fingerprint density at radius 2 is 2.27 bits per heavy atom. The van der Waals surface area contributed by atoms with Crippen LogP contribution in [-0.2, 0) is 9.59 Å². The Hall–Kier alpha value is -2.15. The first-order valence-electron chi connectivity index (χ1n) is 6.96. The quantitative estimate of drug-likeness (QED) is 0.929. The van der Waals surface area contributed by atoms with Gasteiger partial charge in [-0.2, -0.15) is 0 Å². The minimum atomic E-state index is -0.220. The van der Waals surface area contributed by atoms with E-state index in [1.54, 1.807) is 23.1 Å². The number of aromatic amines is 1. The molecule has 1 N–H and O–H groups in total. The molecule has 1 amide bonds. The van der Waals surface area contributed by atoms with Crippen LogP contribution >= 0.6 is 11.8 Å². The first-order chi connectivity index (χ1) is 10.5. The van der Waals surface area contributed by atoms with Gasteiger partial charge in [-0.25, -0.2) is 4.98 Å². The highest BCUT2D eigenvalue weighted by molar-refractivity contribution is 8.13. The third kappa shape index (κ3) is 2.89. The van der Waals surface area contributed by atoms with E-state index in [2.05, 4.69) is 9.97 Å². The molecule has 114 valence electrons. The summed E-state index contributed by atoms with van der Waals surface area (Å²) in [7, 11) is 0. The Morgan fingerprint density at radius 3 is 3.05 bits per heavy atom. The second-order valence-corrected chi connectivity index (χ2v) is 6.51. The maximum absolute atomic E-state index is 12.2. The van der Waals surface area contributed by atoms with E-state index in [0.29, 0.717) is 35.3 Å². The summed E-state index contributed by atoms with van der Waals surface area (Å²) >= 11 is 1.25. The van der Waals surface area contributed by atoms with Crippen molar-refractivity contribution in [1.29, 1.82) is 0 Å². The van der Waals surface area contributed by atoms with Crippen molar-refractivity contribution in [3.8, 4) is 0 Å². The van der Waals surface area contributed by atoms with Gasteiger partial charge in [0.15, 0.2) is 5.12 Å². The number of anilines is 1. The Balaban J connectivity index is 1.85. The fourth-order valence-electron chi connectivity index (χ4n) is 2.60. The van der Waals surface area contributed by atoms with E-state index in [4.69, 9.17) is 0 Å². The van der Waals surface area contributed by atoms with Crippen LogP contribution in [0.2, 0.25) is 0 Å². The summed E-state index contributed by atoms with van der Waals surface area (Å²) in [6.45, 7) is 2.10. The molecule has 7 heteroatoms.